The van der Waals surface area contributed by atoms with Gasteiger partial charge < -0.3 is 14.6 Å². The van der Waals surface area contributed by atoms with E-state index in [9.17, 15) is 4.79 Å². The maximum absolute atomic E-state index is 10.6. The van der Waals surface area contributed by atoms with Crippen molar-refractivity contribution in [2.75, 3.05) is 13.7 Å². The maximum Gasteiger partial charge on any atom is 0.308 e. The van der Waals surface area contributed by atoms with Crippen LogP contribution in [0.1, 0.15) is 9.88 Å². The van der Waals surface area contributed by atoms with E-state index in [0.29, 0.717) is 13.0 Å². The first-order chi connectivity index (χ1) is 9.67. The predicted molar refractivity (Wildman–Crippen MR) is 75.6 cm³/mol. The highest BCUT2D eigenvalue weighted by Crippen LogP contribution is 2.19. The Labute approximate surface area is 120 Å². The van der Waals surface area contributed by atoms with Crippen LogP contribution in [0.3, 0.4) is 0 Å². The summed E-state index contributed by atoms with van der Waals surface area (Å²) in [5.41, 5.74) is 0. The Hall–Kier alpha value is -2.08. The van der Waals surface area contributed by atoms with Gasteiger partial charge in [0.05, 0.1) is 25.1 Å². The number of thiazole rings is 1. The van der Waals surface area contributed by atoms with Crippen LogP contribution in [0.15, 0.2) is 30.5 Å². The number of aromatic nitrogens is 1. The third kappa shape index (κ3) is 4.24. The lowest BCUT2D eigenvalue weighted by atomic mass is 10.3. The summed E-state index contributed by atoms with van der Waals surface area (Å²) in [5, 5.41) is 9.57. The van der Waals surface area contributed by atoms with Gasteiger partial charge in [0, 0.05) is 23.6 Å². The van der Waals surface area contributed by atoms with Gasteiger partial charge in [0.25, 0.3) is 0 Å². The van der Waals surface area contributed by atoms with Crippen molar-refractivity contribution in [2.24, 2.45) is 0 Å². The van der Waals surface area contributed by atoms with Crippen LogP contribution in [0.2, 0.25) is 0 Å². The molecular weight excluding hydrogens is 278 g/mol. The number of ether oxygens (including phenoxy) is 2. The Kier molecular flexibility index (Phi) is 4.95. The smallest absolute Gasteiger partial charge is 0.308 e. The van der Waals surface area contributed by atoms with Crippen LogP contribution in [0.4, 0.5) is 0 Å². The minimum absolute atomic E-state index is 0.0222. The van der Waals surface area contributed by atoms with E-state index in [-0.39, 0.29) is 6.42 Å². The molecule has 0 saturated heterocycles. The van der Waals surface area contributed by atoms with E-state index in [4.69, 9.17) is 14.6 Å². The lowest BCUT2D eigenvalue weighted by Gasteiger charge is -2.06. The minimum Gasteiger partial charge on any atom is -0.497 e. The number of hydrogen-bond donors (Lipinski definition) is 1. The molecule has 1 aromatic heterocycles. The molecule has 0 aliphatic rings. The van der Waals surface area contributed by atoms with Gasteiger partial charge in [-0.25, -0.2) is 4.98 Å². The molecule has 0 atom stereocenters. The fraction of sp³-hybridized carbons (Fsp3) is 0.286. The van der Waals surface area contributed by atoms with Gasteiger partial charge in [0.15, 0.2) is 0 Å². The fourth-order valence-corrected chi connectivity index (χ4v) is 2.54. The van der Waals surface area contributed by atoms with E-state index in [0.717, 1.165) is 21.4 Å². The van der Waals surface area contributed by atoms with Crippen molar-refractivity contribution >= 4 is 17.3 Å². The van der Waals surface area contributed by atoms with Crippen molar-refractivity contribution in [3.8, 4) is 11.5 Å². The van der Waals surface area contributed by atoms with Gasteiger partial charge in [-0.2, -0.15) is 0 Å². The normalized spacial score (nSPS) is 10.2. The number of methoxy groups -OCH3 is 1. The molecule has 0 radical (unpaired) electrons. The fourth-order valence-electron chi connectivity index (χ4n) is 1.64. The number of benzene rings is 1. The van der Waals surface area contributed by atoms with Crippen LogP contribution in [-0.4, -0.2) is 29.8 Å². The summed E-state index contributed by atoms with van der Waals surface area (Å²) < 4.78 is 10.7. The summed E-state index contributed by atoms with van der Waals surface area (Å²) in [5.74, 6) is 0.653. The Balaban J connectivity index is 1.83. The minimum atomic E-state index is -0.840. The molecule has 2 rings (SSSR count). The SMILES string of the molecule is COc1cccc(OCCc2ncc(CC(=O)O)s2)c1. The highest BCUT2D eigenvalue weighted by atomic mass is 32.1. The number of carboxylic acids is 1. The molecule has 0 unspecified atom stereocenters. The first-order valence-electron chi connectivity index (χ1n) is 6.09. The van der Waals surface area contributed by atoms with Gasteiger partial charge in [-0.05, 0) is 12.1 Å². The van der Waals surface area contributed by atoms with Gasteiger partial charge in [0.1, 0.15) is 11.5 Å². The zero-order chi connectivity index (χ0) is 14.4. The molecule has 5 nitrogen and oxygen atoms in total. The van der Waals surface area contributed by atoms with Crippen LogP contribution in [0, 0.1) is 0 Å². The molecule has 0 aliphatic heterocycles. The monoisotopic (exact) mass is 293 g/mol. The van der Waals surface area contributed by atoms with Crippen molar-refractivity contribution in [3.63, 3.8) is 0 Å². The van der Waals surface area contributed by atoms with Crippen LogP contribution < -0.4 is 9.47 Å². The average Bonchev–Trinajstić information content (AvgIpc) is 2.86. The quantitative estimate of drug-likeness (QED) is 0.849. The number of nitrogens with zero attached hydrogens (tertiary/aromatic N) is 1. The highest BCUT2D eigenvalue weighted by Gasteiger charge is 2.06. The molecule has 0 amide bonds. The molecule has 106 valence electrons. The van der Waals surface area contributed by atoms with E-state index < -0.39 is 5.97 Å². The second kappa shape index (κ2) is 6.91. The molecule has 0 fully saturated rings. The van der Waals surface area contributed by atoms with Gasteiger partial charge in [-0.15, -0.1) is 11.3 Å². The van der Waals surface area contributed by atoms with Crippen molar-refractivity contribution in [3.05, 3.63) is 40.3 Å². The molecular formula is C14H15NO4S. The third-order valence-electron chi connectivity index (χ3n) is 2.55. The summed E-state index contributed by atoms with van der Waals surface area (Å²) in [4.78, 5) is 15.5. The van der Waals surface area contributed by atoms with Crippen molar-refractivity contribution < 1.29 is 19.4 Å². The predicted octanol–water partition coefficient (Wildman–Crippen LogP) is 2.40. The molecule has 1 N–H and O–H groups in total. The second-order valence-corrected chi connectivity index (χ2v) is 5.27. The van der Waals surface area contributed by atoms with Crippen LogP contribution in [0.25, 0.3) is 0 Å². The van der Waals surface area contributed by atoms with Crippen molar-refractivity contribution in [1.82, 2.24) is 4.98 Å². The largest absolute Gasteiger partial charge is 0.497 e. The molecule has 2 aromatic rings. The van der Waals surface area contributed by atoms with Gasteiger partial charge in [-0.3, -0.25) is 4.79 Å². The van der Waals surface area contributed by atoms with Crippen molar-refractivity contribution in [2.45, 2.75) is 12.8 Å². The summed E-state index contributed by atoms with van der Waals surface area (Å²) in [7, 11) is 1.61. The van der Waals surface area contributed by atoms with E-state index in [1.807, 2.05) is 24.3 Å². The Morgan fingerprint density at radius 1 is 1.40 bits per heavy atom. The van der Waals surface area contributed by atoms with Crippen LogP contribution in [0.5, 0.6) is 11.5 Å². The standard InChI is InChI=1S/C14H15NO4S/c1-18-10-3-2-4-11(7-10)19-6-5-13-15-9-12(20-13)8-14(16)17/h2-4,7,9H,5-6,8H2,1H3,(H,16,17). The number of rotatable bonds is 7. The van der Waals surface area contributed by atoms with E-state index in [2.05, 4.69) is 4.98 Å². The van der Waals surface area contributed by atoms with Crippen molar-refractivity contribution in [1.29, 1.82) is 0 Å². The van der Waals surface area contributed by atoms with Crippen LogP contribution >= 0.6 is 11.3 Å². The Bertz CT molecular complexity index is 582. The summed E-state index contributed by atoms with van der Waals surface area (Å²) in [6, 6.07) is 7.40. The number of aliphatic carboxylic acids is 1. The number of hydrogen-bond acceptors (Lipinski definition) is 5. The summed E-state index contributed by atoms with van der Waals surface area (Å²) in [6.07, 6.45) is 2.29. The number of carboxylic acid groups (broad SMARTS) is 1. The molecule has 0 spiro atoms. The molecule has 0 saturated carbocycles. The average molecular weight is 293 g/mol. The number of carbonyl (C=O) groups is 1. The van der Waals surface area contributed by atoms with Crippen LogP contribution in [-0.2, 0) is 17.6 Å². The zero-order valence-corrected chi connectivity index (χ0v) is 11.9. The molecule has 0 aliphatic carbocycles. The van der Waals surface area contributed by atoms with Gasteiger partial charge in [-0.1, -0.05) is 6.07 Å². The molecule has 0 bridgehead atoms. The molecule has 1 heterocycles. The highest BCUT2D eigenvalue weighted by molar-refractivity contribution is 7.11. The zero-order valence-electron chi connectivity index (χ0n) is 11.0. The maximum atomic E-state index is 10.6. The lowest BCUT2D eigenvalue weighted by molar-refractivity contribution is -0.136. The van der Waals surface area contributed by atoms with Gasteiger partial charge in [0.2, 0.25) is 0 Å². The van der Waals surface area contributed by atoms with E-state index >= 15 is 0 Å². The lowest BCUT2D eigenvalue weighted by Crippen LogP contribution is -2.01. The molecule has 20 heavy (non-hydrogen) atoms. The topological polar surface area (TPSA) is 68.7 Å². The van der Waals surface area contributed by atoms with Gasteiger partial charge >= 0.3 is 5.97 Å². The summed E-state index contributed by atoms with van der Waals surface area (Å²) >= 11 is 1.41. The Morgan fingerprint density at radius 2 is 2.20 bits per heavy atom. The molecule has 1 aromatic carbocycles. The summed E-state index contributed by atoms with van der Waals surface area (Å²) in [6.45, 7) is 0.493. The van der Waals surface area contributed by atoms with E-state index in [1.54, 1.807) is 13.3 Å². The van der Waals surface area contributed by atoms with E-state index in [1.165, 1.54) is 11.3 Å². The Morgan fingerprint density at radius 3 is 2.95 bits per heavy atom. The molecule has 6 heteroatoms. The second-order valence-electron chi connectivity index (χ2n) is 4.07. The third-order valence-corrected chi connectivity index (χ3v) is 3.61. The first-order valence-corrected chi connectivity index (χ1v) is 6.91. The first kappa shape index (κ1) is 14.3.